The first kappa shape index (κ1) is 22.2. The van der Waals surface area contributed by atoms with Crippen molar-refractivity contribution in [2.75, 3.05) is 10.6 Å². The molecule has 3 aromatic rings. The normalized spacial score (nSPS) is 10.7. The largest absolute Gasteiger partial charge is 0.324 e. The van der Waals surface area contributed by atoms with Gasteiger partial charge in [0, 0.05) is 23.2 Å². The van der Waals surface area contributed by atoms with Gasteiger partial charge in [-0.15, -0.1) is 0 Å². The van der Waals surface area contributed by atoms with Crippen molar-refractivity contribution in [3.05, 3.63) is 75.5 Å². The van der Waals surface area contributed by atoms with Gasteiger partial charge in [-0.1, -0.05) is 55.8 Å². The fourth-order valence-corrected chi connectivity index (χ4v) is 3.26. The van der Waals surface area contributed by atoms with Crippen molar-refractivity contribution in [2.45, 2.75) is 33.2 Å². The van der Waals surface area contributed by atoms with Crippen LogP contribution in [0.25, 0.3) is 11.3 Å². The van der Waals surface area contributed by atoms with Crippen molar-refractivity contribution in [3.63, 3.8) is 0 Å². The Balaban J connectivity index is 1.95. The number of anilines is 2. The predicted octanol–water partition coefficient (Wildman–Crippen LogP) is 4.28. The summed E-state index contributed by atoms with van der Waals surface area (Å²) >= 11 is 5.95. The molecule has 1 heterocycles. The van der Waals surface area contributed by atoms with Crippen LogP contribution >= 0.6 is 11.6 Å². The van der Waals surface area contributed by atoms with Gasteiger partial charge in [0.1, 0.15) is 12.2 Å². The molecule has 2 amide bonds. The molecule has 31 heavy (non-hydrogen) atoms. The number of aromatic nitrogens is 2. The summed E-state index contributed by atoms with van der Waals surface area (Å²) in [5, 5.41) is 10.2. The lowest BCUT2D eigenvalue weighted by Crippen LogP contribution is -2.32. The van der Waals surface area contributed by atoms with Crippen LogP contribution in [0, 0.1) is 0 Å². The number of nitrogens with zero attached hydrogens (tertiary/aromatic N) is 2. The van der Waals surface area contributed by atoms with Gasteiger partial charge < -0.3 is 10.6 Å². The molecule has 0 saturated heterocycles. The minimum atomic E-state index is -0.569. The van der Waals surface area contributed by atoms with Gasteiger partial charge in [-0.3, -0.25) is 14.4 Å². The number of nitrogens with one attached hydrogen (secondary N) is 2. The maximum absolute atomic E-state index is 12.8. The van der Waals surface area contributed by atoms with E-state index in [1.54, 1.807) is 24.3 Å². The summed E-state index contributed by atoms with van der Waals surface area (Å²) in [6, 6.07) is 15.9. The first-order chi connectivity index (χ1) is 14.7. The van der Waals surface area contributed by atoms with Crippen molar-refractivity contribution in [3.8, 4) is 11.3 Å². The minimum absolute atomic E-state index is 0.0443. The second-order valence-electron chi connectivity index (χ2n) is 7.38. The molecule has 2 aromatic carbocycles. The summed E-state index contributed by atoms with van der Waals surface area (Å²) in [4.78, 5) is 37.1. The predicted molar refractivity (Wildman–Crippen MR) is 122 cm³/mol. The van der Waals surface area contributed by atoms with E-state index in [0.717, 1.165) is 10.2 Å². The third kappa shape index (κ3) is 5.58. The van der Waals surface area contributed by atoms with E-state index < -0.39 is 17.4 Å². The fourth-order valence-electron chi connectivity index (χ4n) is 3.13. The molecule has 0 aliphatic carbocycles. The minimum Gasteiger partial charge on any atom is -0.324 e. The maximum atomic E-state index is 12.8. The van der Waals surface area contributed by atoms with Crippen molar-refractivity contribution < 1.29 is 9.59 Å². The van der Waals surface area contributed by atoms with Gasteiger partial charge in [0.25, 0.3) is 5.56 Å². The van der Waals surface area contributed by atoms with Crippen molar-refractivity contribution >= 4 is 34.8 Å². The molecule has 0 aliphatic heterocycles. The Morgan fingerprint density at radius 3 is 2.35 bits per heavy atom. The molecule has 3 rings (SSSR count). The van der Waals surface area contributed by atoms with Crippen LogP contribution in [0.4, 0.5) is 11.4 Å². The highest BCUT2D eigenvalue weighted by atomic mass is 35.5. The molecular formula is C23H23ClN4O3. The molecule has 0 radical (unpaired) electrons. The number of hydrogen-bond donors (Lipinski definition) is 2. The van der Waals surface area contributed by atoms with E-state index >= 15 is 0 Å². The van der Waals surface area contributed by atoms with E-state index in [4.69, 9.17) is 11.6 Å². The standard InChI is InChI=1S/C23H23ClN4O3/c1-14(2)18-6-4-5-7-19(18)26-22(30)13-28-23(31)21(25-15(3)29)12-20(27-28)16-8-10-17(24)11-9-16/h4-12,14H,13H2,1-3H3,(H,25,29)(H,26,30). The molecule has 0 spiro atoms. The Morgan fingerprint density at radius 1 is 1.03 bits per heavy atom. The van der Waals surface area contributed by atoms with Crippen LogP contribution in [-0.4, -0.2) is 21.6 Å². The monoisotopic (exact) mass is 438 g/mol. The van der Waals surface area contributed by atoms with E-state index in [1.165, 1.54) is 13.0 Å². The smallest absolute Gasteiger partial charge is 0.291 e. The second kappa shape index (κ2) is 9.57. The van der Waals surface area contributed by atoms with Crippen LogP contribution < -0.4 is 16.2 Å². The van der Waals surface area contributed by atoms with Crippen LogP contribution in [0.5, 0.6) is 0 Å². The van der Waals surface area contributed by atoms with Crippen molar-refractivity contribution in [2.24, 2.45) is 0 Å². The van der Waals surface area contributed by atoms with E-state index in [2.05, 4.69) is 15.7 Å². The molecule has 7 nitrogen and oxygen atoms in total. The molecule has 2 N–H and O–H groups in total. The number of carbonyl (C=O) groups is 2. The first-order valence-corrected chi connectivity index (χ1v) is 10.2. The van der Waals surface area contributed by atoms with Crippen LogP contribution in [0.3, 0.4) is 0 Å². The zero-order chi connectivity index (χ0) is 22.5. The molecule has 0 aliphatic rings. The zero-order valence-corrected chi connectivity index (χ0v) is 18.2. The molecule has 0 saturated carbocycles. The Hall–Kier alpha value is -3.45. The summed E-state index contributed by atoms with van der Waals surface area (Å²) in [5.41, 5.74) is 2.27. The zero-order valence-electron chi connectivity index (χ0n) is 17.5. The van der Waals surface area contributed by atoms with Crippen LogP contribution in [0.2, 0.25) is 5.02 Å². The van der Waals surface area contributed by atoms with Gasteiger partial charge in [-0.05, 0) is 35.7 Å². The SMILES string of the molecule is CC(=O)Nc1cc(-c2ccc(Cl)cc2)nn(CC(=O)Nc2ccccc2C(C)C)c1=O. The number of carbonyl (C=O) groups excluding carboxylic acids is 2. The van der Waals surface area contributed by atoms with Gasteiger partial charge in [-0.2, -0.15) is 5.10 Å². The Morgan fingerprint density at radius 2 is 1.71 bits per heavy atom. The first-order valence-electron chi connectivity index (χ1n) is 9.79. The summed E-state index contributed by atoms with van der Waals surface area (Å²) in [7, 11) is 0. The van der Waals surface area contributed by atoms with Crippen LogP contribution in [0.1, 0.15) is 32.3 Å². The summed E-state index contributed by atoms with van der Waals surface area (Å²) < 4.78 is 1.04. The number of hydrogen-bond acceptors (Lipinski definition) is 4. The van der Waals surface area contributed by atoms with Crippen molar-refractivity contribution in [1.29, 1.82) is 0 Å². The highest BCUT2D eigenvalue weighted by Gasteiger charge is 2.15. The third-order valence-electron chi connectivity index (χ3n) is 4.58. The molecule has 0 fully saturated rings. The molecule has 0 unspecified atom stereocenters. The summed E-state index contributed by atoms with van der Waals surface area (Å²) in [6.07, 6.45) is 0. The topological polar surface area (TPSA) is 93.1 Å². The van der Waals surface area contributed by atoms with Gasteiger partial charge in [0.15, 0.2) is 0 Å². The number of benzene rings is 2. The molecule has 0 bridgehead atoms. The molecular weight excluding hydrogens is 416 g/mol. The molecule has 1 aromatic heterocycles. The van der Waals surface area contributed by atoms with Gasteiger partial charge in [0.05, 0.1) is 5.69 Å². The highest BCUT2D eigenvalue weighted by Crippen LogP contribution is 2.24. The molecule has 0 atom stereocenters. The average Bonchev–Trinajstić information content (AvgIpc) is 2.71. The van der Waals surface area contributed by atoms with E-state index in [-0.39, 0.29) is 18.2 Å². The quantitative estimate of drug-likeness (QED) is 0.600. The second-order valence-corrected chi connectivity index (χ2v) is 7.82. The fraction of sp³-hybridized carbons (Fsp3) is 0.217. The van der Waals surface area contributed by atoms with Gasteiger partial charge in [0.2, 0.25) is 11.8 Å². The average molecular weight is 439 g/mol. The number of rotatable bonds is 6. The van der Waals surface area contributed by atoms with Crippen LogP contribution in [0.15, 0.2) is 59.4 Å². The van der Waals surface area contributed by atoms with E-state index in [9.17, 15) is 14.4 Å². The number of halogens is 1. The Kier molecular flexibility index (Phi) is 6.87. The molecule has 8 heteroatoms. The van der Waals surface area contributed by atoms with E-state index in [0.29, 0.717) is 22.0 Å². The Bertz CT molecular complexity index is 1170. The lowest BCUT2D eigenvalue weighted by molar-refractivity contribution is -0.117. The molecule has 160 valence electrons. The van der Waals surface area contributed by atoms with Gasteiger partial charge >= 0.3 is 0 Å². The number of para-hydroxylation sites is 1. The summed E-state index contributed by atoms with van der Waals surface area (Å²) in [5.74, 6) is -0.575. The lowest BCUT2D eigenvalue weighted by atomic mass is 10.0. The Labute approximate surface area is 185 Å². The lowest BCUT2D eigenvalue weighted by Gasteiger charge is -2.15. The highest BCUT2D eigenvalue weighted by molar-refractivity contribution is 6.30. The van der Waals surface area contributed by atoms with Crippen molar-refractivity contribution in [1.82, 2.24) is 9.78 Å². The van der Waals surface area contributed by atoms with Gasteiger partial charge in [-0.25, -0.2) is 4.68 Å². The number of amides is 2. The maximum Gasteiger partial charge on any atom is 0.291 e. The summed E-state index contributed by atoms with van der Waals surface area (Å²) in [6.45, 7) is 5.07. The van der Waals surface area contributed by atoms with Crippen LogP contribution in [-0.2, 0) is 16.1 Å². The third-order valence-corrected chi connectivity index (χ3v) is 4.83. The van der Waals surface area contributed by atoms with E-state index in [1.807, 2.05) is 38.1 Å².